The number of rotatable bonds is 2. The molecular formula is C6H7N3O2S. The molecule has 12 heavy (non-hydrogen) atoms. The molecule has 0 unspecified atom stereocenters. The lowest BCUT2D eigenvalue weighted by Gasteiger charge is -2.09. The Morgan fingerprint density at radius 1 is 1.50 bits per heavy atom. The van der Waals surface area contributed by atoms with Gasteiger partial charge in [0.25, 0.3) is 0 Å². The summed E-state index contributed by atoms with van der Waals surface area (Å²) in [6.45, 7) is 0.473. The second kappa shape index (κ2) is 3.00. The molecule has 5 nitrogen and oxygen atoms in total. The Morgan fingerprint density at radius 2 is 2.25 bits per heavy atom. The van der Waals surface area contributed by atoms with E-state index >= 15 is 0 Å². The average Bonchev–Trinajstić information content (AvgIpc) is 2.63. The van der Waals surface area contributed by atoms with Gasteiger partial charge >= 0.3 is 0 Å². The number of hydrogen-bond acceptors (Lipinski definition) is 6. The number of hydroxylamine groups is 2. The second-order valence-electron chi connectivity index (χ2n) is 2.15. The van der Waals surface area contributed by atoms with Gasteiger partial charge < -0.3 is 15.4 Å². The van der Waals surface area contributed by atoms with Gasteiger partial charge in [-0.1, -0.05) is 0 Å². The number of aromatic nitrogens is 1. The predicted octanol–water partition coefficient (Wildman–Crippen LogP) is 0.875. The van der Waals surface area contributed by atoms with Crippen LogP contribution in [0.15, 0.2) is 17.9 Å². The highest BCUT2D eigenvalue weighted by atomic mass is 32.1. The molecule has 0 atom stereocenters. The average molecular weight is 185 g/mol. The Balaban J connectivity index is 1.95. The SMILES string of the molecule is Nc1nc(CN2OC=CO2)cs1. The van der Waals surface area contributed by atoms with E-state index in [0.29, 0.717) is 11.7 Å². The molecule has 2 N–H and O–H groups in total. The number of anilines is 1. The zero-order valence-corrected chi connectivity index (χ0v) is 6.95. The highest BCUT2D eigenvalue weighted by Gasteiger charge is 2.11. The van der Waals surface area contributed by atoms with Gasteiger partial charge in [0.15, 0.2) is 17.7 Å². The third-order valence-corrected chi connectivity index (χ3v) is 2.00. The van der Waals surface area contributed by atoms with Crippen molar-refractivity contribution in [2.45, 2.75) is 6.54 Å². The minimum absolute atomic E-state index is 0.473. The van der Waals surface area contributed by atoms with Gasteiger partial charge in [0.2, 0.25) is 0 Å². The molecule has 1 aliphatic heterocycles. The summed E-state index contributed by atoms with van der Waals surface area (Å²) in [5.41, 5.74) is 6.28. The molecule has 1 aliphatic rings. The minimum atomic E-state index is 0.473. The van der Waals surface area contributed by atoms with Crippen LogP contribution in [0.2, 0.25) is 0 Å². The summed E-state index contributed by atoms with van der Waals surface area (Å²) in [4.78, 5) is 13.9. The second-order valence-corrected chi connectivity index (χ2v) is 3.04. The molecule has 0 spiro atoms. The maximum atomic E-state index is 5.44. The van der Waals surface area contributed by atoms with Gasteiger partial charge in [-0.25, -0.2) is 4.98 Å². The van der Waals surface area contributed by atoms with Crippen molar-refractivity contribution < 1.29 is 9.68 Å². The summed E-state index contributed by atoms with van der Waals surface area (Å²) < 4.78 is 0. The molecule has 0 saturated heterocycles. The number of nitrogens with two attached hydrogens (primary N) is 1. The Morgan fingerprint density at radius 3 is 2.83 bits per heavy atom. The van der Waals surface area contributed by atoms with E-state index in [9.17, 15) is 0 Å². The third-order valence-electron chi connectivity index (χ3n) is 1.27. The van der Waals surface area contributed by atoms with Crippen molar-refractivity contribution in [1.82, 2.24) is 10.2 Å². The van der Waals surface area contributed by atoms with Crippen molar-refractivity contribution in [3.63, 3.8) is 0 Å². The highest BCUT2D eigenvalue weighted by Crippen LogP contribution is 2.14. The van der Waals surface area contributed by atoms with Gasteiger partial charge in [0, 0.05) is 10.6 Å². The van der Waals surface area contributed by atoms with Crippen LogP contribution in [0.1, 0.15) is 5.69 Å². The van der Waals surface area contributed by atoms with Crippen molar-refractivity contribution >= 4 is 16.5 Å². The first-order valence-corrected chi connectivity index (χ1v) is 4.18. The van der Waals surface area contributed by atoms with Crippen LogP contribution in [0, 0.1) is 0 Å². The zero-order valence-electron chi connectivity index (χ0n) is 6.14. The molecule has 1 aromatic heterocycles. The van der Waals surface area contributed by atoms with E-state index < -0.39 is 0 Å². The van der Waals surface area contributed by atoms with Crippen LogP contribution in [-0.2, 0) is 16.2 Å². The van der Waals surface area contributed by atoms with Crippen molar-refractivity contribution in [1.29, 1.82) is 0 Å². The van der Waals surface area contributed by atoms with Crippen LogP contribution in [0.5, 0.6) is 0 Å². The van der Waals surface area contributed by atoms with Crippen molar-refractivity contribution in [3.8, 4) is 0 Å². The van der Waals surface area contributed by atoms with Crippen molar-refractivity contribution in [2.75, 3.05) is 5.73 Å². The number of nitrogens with zero attached hydrogens (tertiary/aromatic N) is 2. The zero-order chi connectivity index (χ0) is 8.39. The Bertz CT molecular complexity index is 291. The van der Waals surface area contributed by atoms with Gasteiger partial charge in [-0.3, -0.25) is 0 Å². The highest BCUT2D eigenvalue weighted by molar-refractivity contribution is 7.13. The predicted molar refractivity (Wildman–Crippen MR) is 43.4 cm³/mol. The van der Waals surface area contributed by atoms with Crippen molar-refractivity contribution in [2.24, 2.45) is 0 Å². The Labute approximate surface area is 72.9 Å². The summed E-state index contributed by atoms with van der Waals surface area (Å²) in [5.74, 6) is 0. The molecule has 0 radical (unpaired) electrons. The van der Waals surface area contributed by atoms with Crippen LogP contribution in [0.3, 0.4) is 0 Å². The smallest absolute Gasteiger partial charge is 0.180 e. The maximum Gasteiger partial charge on any atom is 0.180 e. The molecule has 0 amide bonds. The molecule has 2 rings (SSSR count). The Kier molecular flexibility index (Phi) is 1.84. The third kappa shape index (κ3) is 1.49. The van der Waals surface area contributed by atoms with E-state index in [4.69, 9.17) is 15.4 Å². The first-order chi connectivity index (χ1) is 5.84. The van der Waals surface area contributed by atoms with Crippen LogP contribution in [0.25, 0.3) is 0 Å². The quantitative estimate of drug-likeness (QED) is 0.741. The molecule has 0 fully saturated rings. The summed E-state index contributed by atoms with van der Waals surface area (Å²) in [6.07, 6.45) is 2.91. The molecule has 1 aromatic rings. The molecule has 6 heteroatoms. The van der Waals surface area contributed by atoms with Crippen molar-refractivity contribution in [3.05, 3.63) is 23.6 Å². The molecule has 0 bridgehead atoms. The summed E-state index contributed by atoms with van der Waals surface area (Å²) in [6, 6.07) is 0. The van der Waals surface area contributed by atoms with Gasteiger partial charge in [0.1, 0.15) is 6.54 Å². The van der Waals surface area contributed by atoms with E-state index in [-0.39, 0.29) is 0 Å². The van der Waals surface area contributed by atoms with E-state index in [2.05, 4.69) is 4.98 Å². The standard InChI is InChI=1S/C6H7N3O2S/c7-6-8-5(4-12-6)3-9-10-1-2-11-9/h1-2,4H,3H2,(H2,7,8). The lowest BCUT2D eigenvalue weighted by molar-refractivity contribution is -0.292. The molecule has 2 heterocycles. The lowest BCUT2D eigenvalue weighted by atomic mass is 10.5. The first-order valence-electron chi connectivity index (χ1n) is 3.30. The normalized spacial score (nSPS) is 16.0. The monoisotopic (exact) mass is 185 g/mol. The van der Waals surface area contributed by atoms with E-state index in [1.165, 1.54) is 29.1 Å². The Hall–Kier alpha value is -1.27. The van der Waals surface area contributed by atoms with Crippen LogP contribution in [-0.4, -0.2) is 10.2 Å². The van der Waals surface area contributed by atoms with Gasteiger partial charge in [0.05, 0.1) is 5.69 Å². The molecule has 0 aliphatic carbocycles. The fourth-order valence-corrected chi connectivity index (χ4v) is 1.37. The first kappa shape index (κ1) is 7.38. The maximum absolute atomic E-state index is 5.44. The van der Waals surface area contributed by atoms with Crippen LogP contribution < -0.4 is 5.73 Å². The number of thiazole rings is 1. The topological polar surface area (TPSA) is 60.6 Å². The van der Waals surface area contributed by atoms with E-state index in [0.717, 1.165) is 5.69 Å². The van der Waals surface area contributed by atoms with Crippen LogP contribution >= 0.6 is 11.3 Å². The number of nitrogen functional groups attached to an aromatic ring is 1. The summed E-state index contributed by atoms with van der Waals surface area (Å²) in [5, 5.41) is 3.73. The number of hydrogen-bond donors (Lipinski definition) is 1. The lowest BCUT2D eigenvalue weighted by Crippen LogP contribution is -2.15. The summed E-state index contributed by atoms with van der Waals surface area (Å²) >= 11 is 1.40. The summed E-state index contributed by atoms with van der Waals surface area (Å²) in [7, 11) is 0. The molecule has 0 saturated carbocycles. The van der Waals surface area contributed by atoms with Crippen LogP contribution in [0.4, 0.5) is 5.13 Å². The fourth-order valence-electron chi connectivity index (χ4n) is 0.812. The van der Waals surface area contributed by atoms with Gasteiger partial charge in [-0.15, -0.1) is 11.3 Å². The largest absolute Gasteiger partial charge is 0.375 e. The minimum Gasteiger partial charge on any atom is -0.375 e. The molecule has 64 valence electrons. The van der Waals surface area contributed by atoms with E-state index in [1.807, 2.05) is 5.38 Å². The van der Waals surface area contributed by atoms with E-state index in [1.54, 1.807) is 0 Å². The van der Waals surface area contributed by atoms with Gasteiger partial charge in [-0.05, 0) is 0 Å². The fraction of sp³-hybridized carbons (Fsp3) is 0.167. The molecular weight excluding hydrogens is 178 g/mol. The molecule has 0 aromatic carbocycles. The van der Waals surface area contributed by atoms with Gasteiger partial charge in [-0.2, -0.15) is 0 Å².